The number of imide groups is 1. The summed E-state index contributed by atoms with van der Waals surface area (Å²) >= 11 is 0. The molecule has 162 valence electrons. The SMILES string of the molecule is CCc1cccc(CC)c1NC(=O)c1ccc2c(c1)C(=O)N(c1cc(C)ccc1C)C2=O. The molecule has 0 spiro atoms. The summed E-state index contributed by atoms with van der Waals surface area (Å²) in [5, 5.41) is 3.03. The molecule has 5 nitrogen and oxygen atoms in total. The van der Waals surface area contributed by atoms with E-state index < -0.39 is 5.91 Å². The number of aryl methyl sites for hydroxylation is 4. The number of benzene rings is 3. The molecule has 1 aliphatic heterocycles. The van der Waals surface area contributed by atoms with Gasteiger partial charge in [0.25, 0.3) is 17.7 Å². The zero-order valence-corrected chi connectivity index (χ0v) is 18.8. The van der Waals surface area contributed by atoms with E-state index >= 15 is 0 Å². The first-order valence-corrected chi connectivity index (χ1v) is 10.9. The van der Waals surface area contributed by atoms with Crippen LogP contribution in [0, 0.1) is 13.8 Å². The molecule has 0 fully saturated rings. The van der Waals surface area contributed by atoms with E-state index in [0.717, 1.165) is 40.8 Å². The molecular formula is C27H26N2O3. The van der Waals surface area contributed by atoms with E-state index in [1.165, 1.54) is 11.0 Å². The van der Waals surface area contributed by atoms with Gasteiger partial charge in [-0.15, -0.1) is 0 Å². The van der Waals surface area contributed by atoms with Gasteiger partial charge >= 0.3 is 0 Å². The lowest BCUT2D eigenvalue weighted by Crippen LogP contribution is -2.30. The van der Waals surface area contributed by atoms with Gasteiger partial charge in [0.2, 0.25) is 0 Å². The van der Waals surface area contributed by atoms with Crippen LogP contribution in [0.1, 0.15) is 67.2 Å². The summed E-state index contributed by atoms with van der Waals surface area (Å²) in [5.74, 6) is -1.07. The smallest absolute Gasteiger partial charge is 0.266 e. The van der Waals surface area contributed by atoms with Gasteiger partial charge < -0.3 is 5.32 Å². The van der Waals surface area contributed by atoms with Crippen LogP contribution in [0.25, 0.3) is 0 Å². The first kappa shape index (κ1) is 21.5. The highest BCUT2D eigenvalue weighted by Gasteiger charge is 2.37. The van der Waals surface area contributed by atoms with E-state index in [1.54, 1.807) is 12.1 Å². The minimum atomic E-state index is -0.406. The number of fused-ring (bicyclic) bond motifs is 1. The summed E-state index contributed by atoms with van der Waals surface area (Å²) < 4.78 is 0. The van der Waals surface area contributed by atoms with Crippen molar-refractivity contribution in [3.05, 3.63) is 93.5 Å². The Kier molecular flexibility index (Phi) is 5.66. The molecule has 0 atom stereocenters. The second-order valence-corrected chi connectivity index (χ2v) is 8.11. The predicted octanol–water partition coefficient (Wildman–Crippen LogP) is 5.48. The molecule has 0 saturated heterocycles. The molecule has 0 aromatic heterocycles. The van der Waals surface area contributed by atoms with E-state index in [2.05, 4.69) is 5.32 Å². The highest BCUT2D eigenvalue weighted by Crippen LogP contribution is 2.32. The molecule has 1 N–H and O–H groups in total. The van der Waals surface area contributed by atoms with Crippen LogP contribution in [0.3, 0.4) is 0 Å². The molecule has 1 aliphatic rings. The number of nitrogens with zero attached hydrogens (tertiary/aromatic N) is 1. The molecule has 32 heavy (non-hydrogen) atoms. The van der Waals surface area contributed by atoms with Gasteiger partial charge in [-0.2, -0.15) is 0 Å². The molecule has 3 amide bonds. The van der Waals surface area contributed by atoms with Gasteiger partial charge in [-0.25, -0.2) is 4.90 Å². The van der Waals surface area contributed by atoms with Gasteiger partial charge in [0.15, 0.2) is 0 Å². The Morgan fingerprint density at radius 3 is 2.16 bits per heavy atom. The second kappa shape index (κ2) is 8.42. The minimum absolute atomic E-state index is 0.253. The maximum atomic E-state index is 13.2. The molecule has 0 aliphatic carbocycles. The summed E-state index contributed by atoms with van der Waals surface area (Å²) in [7, 11) is 0. The minimum Gasteiger partial charge on any atom is -0.321 e. The van der Waals surface area contributed by atoms with Crippen molar-refractivity contribution in [2.75, 3.05) is 10.2 Å². The van der Waals surface area contributed by atoms with Gasteiger partial charge in [0.1, 0.15) is 0 Å². The van der Waals surface area contributed by atoms with Gasteiger partial charge in [-0.1, -0.05) is 44.2 Å². The van der Waals surface area contributed by atoms with Crippen LogP contribution < -0.4 is 10.2 Å². The fourth-order valence-electron chi connectivity index (χ4n) is 4.15. The third kappa shape index (κ3) is 3.60. The van der Waals surface area contributed by atoms with Crippen molar-refractivity contribution in [3.63, 3.8) is 0 Å². The number of carbonyl (C=O) groups excluding carboxylic acids is 3. The molecule has 0 unspecified atom stereocenters. The van der Waals surface area contributed by atoms with Crippen LogP contribution in [-0.4, -0.2) is 17.7 Å². The molecular weight excluding hydrogens is 400 g/mol. The Bertz CT molecular complexity index is 1240. The lowest BCUT2D eigenvalue weighted by Gasteiger charge is -2.17. The first-order chi connectivity index (χ1) is 15.3. The van der Waals surface area contributed by atoms with E-state index in [1.807, 2.05) is 64.1 Å². The maximum absolute atomic E-state index is 13.2. The number of carbonyl (C=O) groups is 3. The predicted molar refractivity (Wildman–Crippen MR) is 127 cm³/mol. The quantitative estimate of drug-likeness (QED) is 0.549. The molecule has 3 aromatic rings. The Hall–Kier alpha value is -3.73. The standard InChI is InChI=1S/C27H26N2O3/c1-5-18-8-7-9-19(6-2)24(18)28-25(30)20-12-13-21-22(15-20)27(32)29(26(21)31)23-14-16(3)10-11-17(23)4/h7-15H,5-6H2,1-4H3,(H,28,30). The maximum Gasteiger partial charge on any atom is 0.266 e. The molecule has 0 bridgehead atoms. The average Bonchev–Trinajstić information content (AvgIpc) is 3.05. The van der Waals surface area contributed by atoms with Crippen LogP contribution in [0.5, 0.6) is 0 Å². The lowest BCUT2D eigenvalue weighted by atomic mass is 10.0. The Balaban J connectivity index is 1.68. The third-order valence-electron chi connectivity index (χ3n) is 5.99. The number of amides is 3. The average molecular weight is 427 g/mol. The zero-order valence-electron chi connectivity index (χ0n) is 18.8. The molecule has 4 rings (SSSR count). The summed E-state index contributed by atoms with van der Waals surface area (Å²) in [6.45, 7) is 7.88. The monoisotopic (exact) mass is 426 g/mol. The summed E-state index contributed by atoms with van der Waals surface area (Å²) in [6.07, 6.45) is 1.59. The molecule has 1 heterocycles. The fraction of sp³-hybridized carbons (Fsp3) is 0.222. The zero-order chi connectivity index (χ0) is 23.0. The van der Waals surface area contributed by atoms with Gasteiger partial charge in [0.05, 0.1) is 16.8 Å². The van der Waals surface area contributed by atoms with Crippen LogP contribution in [-0.2, 0) is 12.8 Å². The summed E-state index contributed by atoms with van der Waals surface area (Å²) in [6, 6.07) is 16.4. The van der Waals surface area contributed by atoms with Gasteiger partial charge in [-0.3, -0.25) is 14.4 Å². The number of hydrogen-bond acceptors (Lipinski definition) is 3. The number of nitrogens with one attached hydrogen (secondary N) is 1. The molecule has 0 saturated carbocycles. The van der Waals surface area contributed by atoms with Crippen LogP contribution in [0.4, 0.5) is 11.4 Å². The van der Waals surface area contributed by atoms with E-state index in [0.29, 0.717) is 16.8 Å². The van der Waals surface area contributed by atoms with Crippen molar-refractivity contribution < 1.29 is 14.4 Å². The Morgan fingerprint density at radius 2 is 1.50 bits per heavy atom. The van der Waals surface area contributed by atoms with Crippen molar-refractivity contribution in [2.45, 2.75) is 40.5 Å². The normalized spacial score (nSPS) is 12.8. The van der Waals surface area contributed by atoms with Crippen LogP contribution in [0.15, 0.2) is 54.6 Å². The van der Waals surface area contributed by atoms with Crippen molar-refractivity contribution in [3.8, 4) is 0 Å². The van der Waals surface area contributed by atoms with Crippen molar-refractivity contribution in [1.82, 2.24) is 0 Å². The molecule has 3 aromatic carbocycles. The van der Waals surface area contributed by atoms with E-state index in [9.17, 15) is 14.4 Å². The molecule has 0 radical (unpaired) electrons. The van der Waals surface area contributed by atoms with Gasteiger partial charge in [-0.05, 0) is 73.2 Å². The largest absolute Gasteiger partial charge is 0.321 e. The van der Waals surface area contributed by atoms with Gasteiger partial charge in [0, 0.05) is 11.3 Å². The number of rotatable bonds is 5. The first-order valence-electron chi connectivity index (χ1n) is 10.9. The second-order valence-electron chi connectivity index (χ2n) is 8.11. The van der Waals surface area contributed by atoms with Crippen molar-refractivity contribution in [2.24, 2.45) is 0 Å². The Morgan fingerprint density at radius 1 is 0.844 bits per heavy atom. The highest BCUT2D eigenvalue weighted by atomic mass is 16.2. The van der Waals surface area contributed by atoms with E-state index in [-0.39, 0.29) is 17.4 Å². The number of hydrogen-bond donors (Lipinski definition) is 1. The number of anilines is 2. The van der Waals surface area contributed by atoms with Crippen LogP contribution in [0.2, 0.25) is 0 Å². The van der Waals surface area contributed by atoms with Crippen molar-refractivity contribution >= 4 is 29.1 Å². The fourth-order valence-corrected chi connectivity index (χ4v) is 4.15. The molecule has 5 heteroatoms. The number of para-hydroxylation sites is 1. The topological polar surface area (TPSA) is 66.5 Å². The Labute approximate surface area is 188 Å². The highest BCUT2D eigenvalue weighted by molar-refractivity contribution is 6.35. The third-order valence-corrected chi connectivity index (χ3v) is 5.99. The van der Waals surface area contributed by atoms with Crippen LogP contribution >= 0.6 is 0 Å². The summed E-state index contributed by atoms with van der Waals surface area (Å²) in [5.41, 5.74) is 6.24. The lowest BCUT2D eigenvalue weighted by molar-refractivity contribution is 0.0925. The van der Waals surface area contributed by atoms with E-state index in [4.69, 9.17) is 0 Å². The van der Waals surface area contributed by atoms with Crippen molar-refractivity contribution in [1.29, 1.82) is 0 Å². The summed E-state index contributed by atoms with van der Waals surface area (Å²) in [4.78, 5) is 40.5.